The van der Waals surface area contributed by atoms with E-state index in [1.165, 1.54) is 19.3 Å². The first-order valence-electron chi connectivity index (χ1n) is 15.8. The Kier molecular flexibility index (Phi) is 6.13. The summed E-state index contributed by atoms with van der Waals surface area (Å²) in [5.74, 6) is 2.56. The van der Waals surface area contributed by atoms with Gasteiger partial charge in [0.25, 0.3) is 0 Å². The molecule has 7 aromatic carbocycles. The molecule has 0 aliphatic rings. The van der Waals surface area contributed by atoms with Gasteiger partial charge in [0.05, 0.1) is 0 Å². The van der Waals surface area contributed by atoms with Crippen LogP contribution in [0, 0.1) is 0 Å². The summed E-state index contributed by atoms with van der Waals surface area (Å²) in [6.45, 7) is 0. The standard InChI is InChI=1S/C42H24N4OSe/c1-3-10-27(11-4-1)39-44-40(28-12-5-2-6-13-28)46-41(45-39)29-21-19-25-18-20-26-22-23-34-37(36(26)33(25)24-29)47-42(43-34)32-16-9-15-31-30-14-7-8-17-35(30)48-38(31)32/h1-24H. The summed E-state index contributed by atoms with van der Waals surface area (Å²) in [5.41, 5.74) is 5.49. The topological polar surface area (TPSA) is 64.7 Å². The Hall–Kier alpha value is -5.94. The first-order valence-corrected chi connectivity index (χ1v) is 17.5. The summed E-state index contributed by atoms with van der Waals surface area (Å²) >= 11 is 0.189. The van der Waals surface area contributed by atoms with E-state index >= 15 is 0 Å². The summed E-state index contributed by atoms with van der Waals surface area (Å²) < 4.78 is 9.48. The molecule has 0 aliphatic carbocycles. The molecule has 0 fully saturated rings. The van der Waals surface area contributed by atoms with Crippen LogP contribution < -0.4 is 0 Å². The maximum Gasteiger partial charge on any atom is -0.0512 e. The van der Waals surface area contributed by atoms with Crippen LogP contribution in [0.4, 0.5) is 0 Å². The van der Waals surface area contributed by atoms with Crippen molar-refractivity contribution in [3.63, 3.8) is 0 Å². The van der Waals surface area contributed by atoms with Gasteiger partial charge in [0.2, 0.25) is 0 Å². The van der Waals surface area contributed by atoms with Crippen LogP contribution in [0.15, 0.2) is 150 Å². The molecule has 3 heterocycles. The number of hydrogen-bond donors (Lipinski definition) is 0. The molecule has 10 rings (SSSR count). The molecule has 224 valence electrons. The molecule has 48 heavy (non-hydrogen) atoms. The van der Waals surface area contributed by atoms with E-state index in [9.17, 15) is 0 Å². The second kappa shape index (κ2) is 10.8. The van der Waals surface area contributed by atoms with Crippen LogP contribution in [0.2, 0.25) is 0 Å². The number of hydrogen-bond acceptors (Lipinski definition) is 5. The Balaban J connectivity index is 1.18. The van der Waals surface area contributed by atoms with E-state index < -0.39 is 0 Å². The molecular weight excluding hydrogens is 655 g/mol. The van der Waals surface area contributed by atoms with Crippen LogP contribution in [-0.2, 0) is 0 Å². The number of oxazole rings is 1. The minimum atomic E-state index is 0.189. The Labute approximate surface area is 280 Å². The molecule has 6 heteroatoms. The van der Waals surface area contributed by atoms with Gasteiger partial charge in [0.1, 0.15) is 0 Å². The van der Waals surface area contributed by atoms with Crippen molar-refractivity contribution in [3.8, 4) is 45.6 Å². The maximum atomic E-state index is 6.76. The van der Waals surface area contributed by atoms with Crippen LogP contribution in [0.25, 0.3) is 97.6 Å². The van der Waals surface area contributed by atoms with Crippen molar-refractivity contribution >= 4 is 66.4 Å². The summed E-state index contributed by atoms with van der Waals surface area (Å²) in [5, 5.41) is 6.90. The molecule has 10 aromatic rings. The van der Waals surface area contributed by atoms with E-state index in [2.05, 4.69) is 84.9 Å². The first-order chi connectivity index (χ1) is 23.8. The fraction of sp³-hybridized carbons (Fsp3) is 0. The van der Waals surface area contributed by atoms with Gasteiger partial charge in [-0.1, -0.05) is 60.7 Å². The van der Waals surface area contributed by atoms with Crippen LogP contribution in [-0.4, -0.2) is 34.4 Å². The summed E-state index contributed by atoms with van der Waals surface area (Å²) in [4.78, 5) is 19.9. The molecule has 0 saturated carbocycles. The molecule has 0 aliphatic heterocycles. The molecule has 0 spiro atoms. The van der Waals surface area contributed by atoms with Gasteiger partial charge in [-0.15, -0.1) is 0 Å². The molecule has 0 unspecified atom stereocenters. The second-order valence-electron chi connectivity index (χ2n) is 11.9. The average Bonchev–Trinajstić information content (AvgIpc) is 3.77. The van der Waals surface area contributed by atoms with Crippen molar-refractivity contribution in [2.45, 2.75) is 0 Å². The molecule has 0 N–H and O–H groups in total. The van der Waals surface area contributed by atoms with E-state index in [1.54, 1.807) is 0 Å². The monoisotopic (exact) mass is 680 g/mol. The van der Waals surface area contributed by atoms with Gasteiger partial charge in [0, 0.05) is 11.1 Å². The Morgan fingerprint density at radius 3 is 1.85 bits per heavy atom. The molecule has 0 saturated heterocycles. The van der Waals surface area contributed by atoms with Crippen LogP contribution in [0.5, 0.6) is 0 Å². The number of nitrogens with zero attached hydrogens (tertiary/aromatic N) is 4. The molecule has 0 bridgehead atoms. The fourth-order valence-electron chi connectivity index (χ4n) is 6.63. The Morgan fingerprint density at radius 1 is 0.458 bits per heavy atom. The molecular formula is C42H24N4OSe. The molecule has 0 atom stereocenters. The van der Waals surface area contributed by atoms with E-state index in [1.807, 2.05) is 60.7 Å². The fourth-order valence-corrected chi connectivity index (χ4v) is 9.16. The molecule has 0 amide bonds. The zero-order chi connectivity index (χ0) is 31.6. The summed E-state index contributed by atoms with van der Waals surface area (Å²) in [6.07, 6.45) is 0. The predicted octanol–water partition coefficient (Wildman–Crippen LogP) is 10.4. The maximum absolute atomic E-state index is 6.76. The van der Waals surface area contributed by atoms with E-state index in [0.717, 1.165) is 54.9 Å². The van der Waals surface area contributed by atoms with Gasteiger partial charge in [-0.25, -0.2) is 4.98 Å². The summed E-state index contributed by atoms with van der Waals surface area (Å²) in [6, 6.07) is 50.2. The van der Waals surface area contributed by atoms with Gasteiger partial charge in [0.15, 0.2) is 0 Å². The van der Waals surface area contributed by atoms with E-state index in [0.29, 0.717) is 23.4 Å². The third kappa shape index (κ3) is 4.38. The third-order valence-electron chi connectivity index (χ3n) is 8.95. The quantitative estimate of drug-likeness (QED) is 0.137. The third-order valence-corrected chi connectivity index (χ3v) is 11.5. The van der Waals surface area contributed by atoms with Crippen molar-refractivity contribution < 1.29 is 4.42 Å². The zero-order valence-electron chi connectivity index (χ0n) is 25.5. The van der Waals surface area contributed by atoms with Gasteiger partial charge < -0.3 is 0 Å². The predicted molar refractivity (Wildman–Crippen MR) is 196 cm³/mol. The summed E-state index contributed by atoms with van der Waals surface area (Å²) in [7, 11) is 0. The van der Waals surface area contributed by atoms with Crippen LogP contribution in [0.1, 0.15) is 0 Å². The minimum absolute atomic E-state index is 0.189. The minimum Gasteiger partial charge on any atom is -0.0615 e. The molecule has 0 radical (unpaired) electrons. The van der Waals surface area contributed by atoms with Crippen molar-refractivity contribution in [3.05, 3.63) is 146 Å². The van der Waals surface area contributed by atoms with Crippen molar-refractivity contribution in [1.29, 1.82) is 0 Å². The van der Waals surface area contributed by atoms with Gasteiger partial charge in [-0.2, -0.15) is 0 Å². The molecule has 5 nitrogen and oxygen atoms in total. The largest absolute Gasteiger partial charge is 0.0615 e. The van der Waals surface area contributed by atoms with Gasteiger partial charge in [-0.3, -0.25) is 0 Å². The Bertz CT molecular complexity index is 2780. The van der Waals surface area contributed by atoms with Crippen molar-refractivity contribution in [2.75, 3.05) is 0 Å². The number of benzene rings is 7. The number of rotatable bonds is 4. The van der Waals surface area contributed by atoms with Crippen molar-refractivity contribution in [2.24, 2.45) is 0 Å². The number of fused-ring (bicyclic) bond motifs is 8. The van der Waals surface area contributed by atoms with E-state index in [-0.39, 0.29) is 14.5 Å². The second-order valence-corrected chi connectivity index (χ2v) is 14.1. The van der Waals surface area contributed by atoms with Gasteiger partial charge >= 0.3 is 205 Å². The Morgan fingerprint density at radius 2 is 1.08 bits per heavy atom. The van der Waals surface area contributed by atoms with E-state index in [4.69, 9.17) is 24.4 Å². The van der Waals surface area contributed by atoms with Crippen LogP contribution in [0.3, 0.4) is 0 Å². The average molecular weight is 680 g/mol. The van der Waals surface area contributed by atoms with Crippen LogP contribution >= 0.6 is 0 Å². The van der Waals surface area contributed by atoms with Crippen molar-refractivity contribution in [1.82, 2.24) is 19.9 Å². The SMILES string of the molecule is c1ccc(-c2nc(-c3ccccc3)nc(-c3ccc4ccc5ccc6nc(-c7cccc8c7[se]c7ccccc78)oc6c5c4c3)n2)cc1. The number of aromatic nitrogens is 4. The normalized spacial score (nSPS) is 11.8. The smallest absolute Gasteiger partial charge is 0.0512 e. The zero-order valence-corrected chi connectivity index (χ0v) is 27.2. The first kappa shape index (κ1) is 27.2. The van der Waals surface area contributed by atoms with Gasteiger partial charge in [-0.05, 0) is 0 Å². The molecule has 3 aromatic heterocycles.